The van der Waals surface area contributed by atoms with E-state index in [1.165, 1.54) is 30.6 Å². The van der Waals surface area contributed by atoms with Gasteiger partial charge in [0.1, 0.15) is 10.6 Å². The summed E-state index contributed by atoms with van der Waals surface area (Å²) in [7, 11) is 1.20. The first-order valence-electron chi connectivity index (χ1n) is 6.33. The molecular formula is C15H10N2O4S. The highest BCUT2D eigenvalue weighted by atomic mass is 32.1. The zero-order chi connectivity index (χ0) is 15.7. The smallest absolute Gasteiger partial charge is 0.345 e. The molecule has 0 saturated heterocycles. The Morgan fingerprint density at radius 1 is 1.23 bits per heavy atom. The topological polar surface area (TPSA) is 82.3 Å². The molecule has 3 aromatic rings. The van der Waals surface area contributed by atoms with Gasteiger partial charge in [-0.3, -0.25) is 10.1 Å². The Kier molecular flexibility index (Phi) is 3.56. The van der Waals surface area contributed by atoms with Crippen LogP contribution in [0, 0.1) is 10.1 Å². The maximum absolute atomic E-state index is 12.0. The number of carbonyl (C=O) groups excluding carboxylic acids is 1. The second kappa shape index (κ2) is 5.53. The van der Waals surface area contributed by atoms with Crippen LogP contribution in [0.2, 0.25) is 0 Å². The monoisotopic (exact) mass is 314 g/mol. The molecule has 6 nitrogen and oxygen atoms in total. The third-order valence-electron chi connectivity index (χ3n) is 3.15. The van der Waals surface area contributed by atoms with Crippen molar-refractivity contribution in [3.8, 4) is 10.6 Å². The molecule has 0 fully saturated rings. The van der Waals surface area contributed by atoms with Gasteiger partial charge in [0.15, 0.2) is 0 Å². The maximum atomic E-state index is 12.0. The van der Waals surface area contributed by atoms with E-state index in [1.807, 2.05) is 24.3 Å². The number of nitrogens with zero attached hydrogens (tertiary/aromatic N) is 2. The molecule has 0 N–H and O–H groups in total. The Hall–Kier alpha value is -2.80. The zero-order valence-corrected chi connectivity index (χ0v) is 12.3. The van der Waals surface area contributed by atoms with Gasteiger partial charge in [-0.2, -0.15) is 0 Å². The number of nitro benzene ring substituents is 1. The first kappa shape index (κ1) is 14.2. The minimum absolute atomic E-state index is 0.0749. The maximum Gasteiger partial charge on any atom is 0.345 e. The number of thiazole rings is 1. The average Bonchev–Trinajstić information content (AvgIpc) is 2.97. The molecule has 0 aliphatic heterocycles. The Bertz CT molecular complexity index is 855. The molecule has 3 rings (SSSR count). The van der Waals surface area contributed by atoms with Crippen molar-refractivity contribution in [2.45, 2.75) is 0 Å². The van der Waals surface area contributed by atoms with E-state index in [1.54, 1.807) is 6.07 Å². The first-order chi connectivity index (χ1) is 10.6. The summed E-state index contributed by atoms with van der Waals surface area (Å²) < 4.78 is 5.64. The van der Waals surface area contributed by atoms with Crippen molar-refractivity contribution in [3.05, 3.63) is 58.1 Å². The molecule has 0 aliphatic rings. The Morgan fingerprint density at radius 3 is 2.68 bits per heavy atom. The fourth-order valence-electron chi connectivity index (χ4n) is 2.17. The van der Waals surface area contributed by atoms with E-state index in [0.29, 0.717) is 10.6 Å². The van der Waals surface area contributed by atoms with Gasteiger partial charge in [-0.1, -0.05) is 24.3 Å². The Labute approximate surface area is 129 Å². The Morgan fingerprint density at radius 2 is 2.00 bits per heavy atom. The number of nitro groups is 1. The predicted molar refractivity (Wildman–Crippen MR) is 83.0 cm³/mol. The van der Waals surface area contributed by atoms with E-state index >= 15 is 0 Å². The van der Waals surface area contributed by atoms with Gasteiger partial charge in [-0.05, 0) is 12.1 Å². The van der Waals surface area contributed by atoms with Gasteiger partial charge < -0.3 is 4.74 Å². The molecule has 0 aliphatic carbocycles. The largest absolute Gasteiger partial charge is 0.465 e. The Balaban J connectivity index is 2.27. The van der Waals surface area contributed by atoms with Crippen molar-refractivity contribution in [2.75, 3.05) is 7.11 Å². The lowest BCUT2D eigenvalue weighted by molar-refractivity contribution is -0.385. The SMILES string of the molecule is COC(=O)c1c(-c2nc3ccccc3s2)cccc1[N+](=O)[O-]. The number of para-hydroxylation sites is 1. The number of hydrogen-bond donors (Lipinski definition) is 0. The fourth-order valence-corrected chi connectivity index (χ4v) is 3.17. The minimum Gasteiger partial charge on any atom is -0.465 e. The molecule has 7 heteroatoms. The van der Waals surface area contributed by atoms with Gasteiger partial charge in [0.2, 0.25) is 0 Å². The van der Waals surface area contributed by atoms with Crippen LogP contribution in [0.5, 0.6) is 0 Å². The quantitative estimate of drug-likeness (QED) is 0.418. The highest BCUT2D eigenvalue weighted by molar-refractivity contribution is 7.21. The summed E-state index contributed by atoms with van der Waals surface area (Å²) in [6.45, 7) is 0. The molecule has 22 heavy (non-hydrogen) atoms. The summed E-state index contributed by atoms with van der Waals surface area (Å²) in [5.41, 5.74) is 0.824. The van der Waals surface area contributed by atoms with Gasteiger partial charge in [0.25, 0.3) is 5.69 Å². The van der Waals surface area contributed by atoms with Crippen LogP contribution in [0.4, 0.5) is 5.69 Å². The van der Waals surface area contributed by atoms with Gasteiger partial charge in [0.05, 0.1) is 22.2 Å². The average molecular weight is 314 g/mol. The van der Waals surface area contributed by atoms with Gasteiger partial charge in [-0.15, -0.1) is 11.3 Å². The number of carbonyl (C=O) groups is 1. The van der Waals surface area contributed by atoms with E-state index in [0.717, 1.165) is 10.2 Å². The minimum atomic E-state index is -0.749. The van der Waals surface area contributed by atoms with E-state index in [-0.39, 0.29) is 11.3 Å². The van der Waals surface area contributed by atoms with Crippen molar-refractivity contribution in [2.24, 2.45) is 0 Å². The number of esters is 1. The van der Waals surface area contributed by atoms with E-state index in [2.05, 4.69) is 4.98 Å². The summed E-state index contributed by atoms with van der Waals surface area (Å²) in [6.07, 6.45) is 0. The second-order valence-electron chi connectivity index (χ2n) is 4.44. The predicted octanol–water partition coefficient (Wildman–Crippen LogP) is 3.66. The second-order valence-corrected chi connectivity index (χ2v) is 5.47. The van der Waals surface area contributed by atoms with Crippen LogP contribution in [0.15, 0.2) is 42.5 Å². The van der Waals surface area contributed by atoms with Crippen molar-refractivity contribution in [1.82, 2.24) is 4.98 Å². The van der Waals surface area contributed by atoms with Crippen LogP contribution < -0.4 is 0 Å². The molecular weight excluding hydrogens is 304 g/mol. The molecule has 110 valence electrons. The van der Waals surface area contributed by atoms with Crippen LogP contribution in [-0.2, 0) is 4.74 Å². The molecule has 2 aromatic carbocycles. The number of fused-ring (bicyclic) bond motifs is 1. The lowest BCUT2D eigenvalue weighted by Gasteiger charge is -2.05. The van der Waals surface area contributed by atoms with Gasteiger partial charge >= 0.3 is 5.97 Å². The molecule has 0 radical (unpaired) electrons. The summed E-state index contributed by atoms with van der Waals surface area (Å²) in [6, 6.07) is 12.0. The molecule has 0 unspecified atom stereocenters. The summed E-state index contributed by atoms with van der Waals surface area (Å²) in [5, 5.41) is 11.7. The summed E-state index contributed by atoms with van der Waals surface area (Å²) in [5.74, 6) is -0.749. The molecule has 1 aromatic heterocycles. The van der Waals surface area contributed by atoms with Crippen LogP contribution >= 0.6 is 11.3 Å². The van der Waals surface area contributed by atoms with Crippen LogP contribution in [-0.4, -0.2) is 23.0 Å². The molecule has 1 heterocycles. The number of aromatic nitrogens is 1. The number of benzene rings is 2. The van der Waals surface area contributed by atoms with E-state index in [4.69, 9.17) is 4.74 Å². The van der Waals surface area contributed by atoms with Crippen LogP contribution in [0.3, 0.4) is 0 Å². The third kappa shape index (κ3) is 2.31. The fraction of sp³-hybridized carbons (Fsp3) is 0.0667. The third-order valence-corrected chi connectivity index (χ3v) is 4.22. The molecule has 0 amide bonds. The van der Waals surface area contributed by atoms with Crippen molar-refractivity contribution in [3.63, 3.8) is 0 Å². The van der Waals surface area contributed by atoms with Crippen molar-refractivity contribution >= 4 is 33.2 Å². The zero-order valence-electron chi connectivity index (χ0n) is 11.5. The highest BCUT2D eigenvalue weighted by Gasteiger charge is 2.26. The standard InChI is InChI=1S/C15H10N2O4S/c1-21-15(18)13-9(5-4-7-11(13)17(19)20)14-16-10-6-2-3-8-12(10)22-14/h2-8H,1H3. The van der Waals surface area contributed by atoms with Gasteiger partial charge in [-0.25, -0.2) is 9.78 Å². The van der Waals surface area contributed by atoms with Crippen LogP contribution in [0.25, 0.3) is 20.8 Å². The number of rotatable bonds is 3. The normalized spacial score (nSPS) is 10.6. The lowest BCUT2D eigenvalue weighted by atomic mass is 10.1. The van der Waals surface area contributed by atoms with Crippen molar-refractivity contribution < 1.29 is 14.5 Å². The number of hydrogen-bond acceptors (Lipinski definition) is 6. The van der Waals surface area contributed by atoms with Crippen LogP contribution in [0.1, 0.15) is 10.4 Å². The summed E-state index contributed by atoms with van der Waals surface area (Å²) >= 11 is 1.37. The van der Waals surface area contributed by atoms with Gasteiger partial charge in [0, 0.05) is 11.6 Å². The molecule has 0 spiro atoms. The molecule has 0 atom stereocenters. The number of ether oxygens (including phenoxy) is 1. The molecule has 0 bridgehead atoms. The highest BCUT2D eigenvalue weighted by Crippen LogP contribution is 2.35. The number of methoxy groups -OCH3 is 1. The van der Waals surface area contributed by atoms with E-state index in [9.17, 15) is 14.9 Å². The first-order valence-corrected chi connectivity index (χ1v) is 7.15. The van der Waals surface area contributed by atoms with E-state index < -0.39 is 10.9 Å². The van der Waals surface area contributed by atoms with Crippen molar-refractivity contribution in [1.29, 1.82) is 0 Å². The summed E-state index contributed by atoms with van der Waals surface area (Å²) in [4.78, 5) is 27.0. The molecule has 0 saturated carbocycles. The lowest BCUT2D eigenvalue weighted by Crippen LogP contribution is -2.07.